The molecule has 0 radical (unpaired) electrons. The molecule has 0 heterocycles. The quantitative estimate of drug-likeness (QED) is 0.684. The monoisotopic (exact) mass is 210 g/mol. The van der Waals surface area contributed by atoms with Crippen molar-refractivity contribution < 1.29 is 0 Å². The third kappa shape index (κ3) is 1.65. The summed E-state index contributed by atoms with van der Waals surface area (Å²) in [4.78, 5) is 0. The zero-order chi connectivity index (χ0) is 11.6. The second-order valence-electron chi connectivity index (χ2n) is 4.60. The zero-order valence-electron chi connectivity index (χ0n) is 9.98. The molecule has 0 aromatic heterocycles. The molecule has 82 valence electrons. The summed E-state index contributed by atoms with van der Waals surface area (Å²) >= 11 is 0. The molecule has 2 atom stereocenters. The molecule has 0 fully saturated rings. The van der Waals surface area contributed by atoms with Crippen LogP contribution in [0.2, 0.25) is 0 Å². The Kier molecular flexibility index (Phi) is 2.82. The summed E-state index contributed by atoms with van der Waals surface area (Å²) in [5, 5.41) is 0. The maximum atomic E-state index is 3.89. The van der Waals surface area contributed by atoms with Crippen molar-refractivity contribution in [1.82, 2.24) is 0 Å². The molecule has 0 N–H and O–H groups in total. The van der Waals surface area contributed by atoms with Crippen molar-refractivity contribution in [2.45, 2.75) is 19.3 Å². The van der Waals surface area contributed by atoms with Crippen LogP contribution in [0, 0.1) is 5.92 Å². The maximum absolute atomic E-state index is 3.89. The van der Waals surface area contributed by atoms with Crippen molar-refractivity contribution in [3.63, 3.8) is 0 Å². The van der Waals surface area contributed by atoms with Crippen LogP contribution in [-0.2, 0) is 5.41 Å². The zero-order valence-corrected chi connectivity index (χ0v) is 9.98. The van der Waals surface area contributed by atoms with E-state index in [-0.39, 0.29) is 5.41 Å². The van der Waals surface area contributed by atoms with Gasteiger partial charge in [-0.2, -0.15) is 0 Å². The number of hydrogen-bond acceptors (Lipinski definition) is 0. The van der Waals surface area contributed by atoms with Gasteiger partial charge in [0, 0.05) is 5.41 Å². The molecule has 1 aromatic rings. The summed E-state index contributed by atoms with van der Waals surface area (Å²) < 4.78 is 0. The molecule has 0 aliphatic heterocycles. The Morgan fingerprint density at radius 3 is 2.56 bits per heavy atom. The van der Waals surface area contributed by atoms with Crippen molar-refractivity contribution >= 4 is 0 Å². The number of allylic oxidation sites excluding steroid dienone is 5. The van der Waals surface area contributed by atoms with Gasteiger partial charge in [0.2, 0.25) is 0 Å². The van der Waals surface area contributed by atoms with Gasteiger partial charge >= 0.3 is 0 Å². The second-order valence-corrected chi connectivity index (χ2v) is 4.60. The third-order valence-corrected chi connectivity index (χ3v) is 3.76. The lowest BCUT2D eigenvalue weighted by Gasteiger charge is -2.36. The molecule has 0 bridgehead atoms. The molecule has 0 saturated carbocycles. The van der Waals surface area contributed by atoms with Crippen molar-refractivity contribution in [2.75, 3.05) is 0 Å². The van der Waals surface area contributed by atoms with Crippen LogP contribution in [0.5, 0.6) is 0 Å². The Morgan fingerprint density at radius 1 is 1.25 bits per heavy atom. The van der Waals surface area contributed by atoms with E-state index in [1.807, 2.05) is 6.08 Å². The van der Waals surface area contributed by atoms with Crippen LogP contribution in [0.3, 0.4) is 0 Å². The lowest BCUT2D eigenvalue weighted by Crippen LogP contribution is -2.30. The topological polar surface area (TPSA) is 0 Å². The molecule has 1 aliphatic carbocycles. The van der Waals surface area contributed by atoms with E-state index in [4.69, 9.17) is 0 Å². The van der Waals surface area contributed by atoms with Crippen LogP contribution in [0.25, 0.3) is 0 Å². The van der Waals surface area contributed by atoms with Gasteiger partial charge in [0.25, 0.3) is 0 Å². The molecule has 0 nitrogen and oxygen atoms in total. The first kappa shape index (κ1) is 10.9. The van der Waals surface area contributed by atoms with Crippen LogP contribution in [0.1, 0.15) is 19.4 Å². The molecule has 0 amide bonds. The highest BCUT2D eigenvalue weighted by Gasteiger charge is 2.33. The van der Waals surface area contributed by atoms with Crippen LogP contribution < -0.4 is 0 Å². The van der Waals surface area contributed by atoms with E-state index in [9.17, 15) is 0 Å². The fraction of sp³-hybridized carbons (Fsp3) is 0.250. The van der Waals surface area contributed by atoms with Crippen LogP contribution in [0.4, 0.5) is 0 Å². The molecule has 0 spiro atoms. The molecule has 2 rings (SSSR count). The summed E-state index contributed by atoms with van der Waals surface area (Å²) in [5.41, 5.74) is 2.76. The predicted octanol–water partition coefficient (Wildman–Crippen LogP) is 4.26. The van der Waals surface area contributed by atoms with Crippen LogP contribution in [0.15, 0.2) is 66.8 Å². The van der Waals surface area contributed by atoms with Gasteiger partial charge in [-0.15, -0.1) is 0 Å². The molecular formula is C16H18. The minimum absolute atomic E-state index is 0.0829. The van der Waals surface area contributed by atoms with Gasteiger partial charge in [-0.05, 0) is 17.1 Å². The highest BCUT2D eigenvalue weighted by Crippen LogP contribution is 2.40. The maximum Gasteiger partial charge on any atom is 0.0173 e. The average molecular weight is 210 g/mol. The first-order chi connectivity index (χ1) is 7.68. The van der Waals surface area contributed by atoms with Gasteiger partial charge in [0.05, 0.1) is 0 Å². The van der Waals surface area contributed by atoms with Crippen LogP contribution >= 0.6 is 0 Å². The molecule has 1 aromatic carbocycles. The van der Waals surface area contributed by atoms with E-state index in [0.29, 0.717) is 5.92 Å². The fourth-order valence-electron chi connectivity index (χ4n) is 2.38. The Labute approximate surface area is 98.0 Å². The van der Waals surface area contributed by atoms with E-state index in [1.54, 1.807) is 0 Å². The molecule has 2 unspecified atom stereocenters. The Bertz CT molecular complexity index is 436. The summed E-state index contributed by atoms with van der Waals surface area (Å²) in [5.74, 6) is 0.470. The summed E-state index contributed by atoms with van der Waals surface area (Å²) in [6.07, 6.45) is 8.56. The van der Waals surface area contributed by atoms with E-state index in [1.165, 1.54) is 11.1 Å². The lowest BCUT2D eigenvalue weighted by atomic mass is 9.67. The normalized spacial score (nSPS) is 28.6. The van der Waals surface area contributed by atoms with Crippen molar-refractivity contribution in [3.05, 3.63) is 72.4 Å². The molecule has 0 saturated heterocycles. The van der Waals surface area contributed by atoms with E-state index in [0.717, 1.165) is 0 Å². The second kappa shape index (κ2) is 4.13. The van der Waals surface area contributed by atoms with E-state index < -0.39 is 0 Å². The molecule has 0 heteroatoms. The fourth-order valence-corrected chi connectivity index (χ4v) is 2.38. The first-order valence-corrected chi connectivity index (χ1v) is 5.76. The van der Waals surface area contributed by atoms with Gasteiger partial charge in [0.15, 0.2) is 0 Å². The average Bonchev–Trinajstić information content (AvgIpc) is 2.34. The minimum atomic E-state index is 0.0829. The van der Waals surface area contributed by atoms with Gasteiger partial charge in [-0.1, -0.05) is 75.1 Å². The van der Waals surface area contributed by atoms with Gasteiger partial charge < -0.3 is 0 Å². The summed E-state index contributed by atoms with van der Waals surface area (Å²) in [6.45, 7) is 8.45. The van der Waals surface area contributed by atoms with Crippen molar-refractivity contribution in [3.8, 4) is 0 Å². The van der Waals surface area contributed by atoms with Gasteiger partial charge in [0.1, 0.15) is 0 Å². The largest absolute Gasteiger partial charge is 0.0988 e. The highest BCUT2D eigenvalue weighted by molar-refractivity contribution is 5.42. The Morgan fingerprint density at radius 2 is 1.94 bits per heavy atom. The molecular weight excluding hydrogens is 192 g/mol. The predicted molar refractivity (Wildman–Crippen MR) is 70.4 cm³/mol. The third-order valence-electron chi connectivity index (χ3n) is 3.76. The summed E-state index contributed by atoms with van der Waals surface area (Å²) in [6, 6.07) is 10.7. The molecule has 1 aliphatic rings. The summed E-state index contributed by atoms with van der Waals surface area (Å²) in [7, 11) is 0. The van der Waals surface area contributed by atoms with Gasteiger partial charge in [-0.25, -0.2) is 0 Å². The Hall–Kier alpha value is -1.56. The highest BCUT2D eigenvalue weighted by atomic mass is 14.4. The van der Waals surface area contributed by atoms with E-state index >= 15 is 0 Å². The van der Waals surface area contributed by atoms with Crippen molar-refractivity contribution in [1.29, 1.82) is 0 Å². The minimum Gasteiger partial charge on any atom is -0.0988 e. The van der Waals surface area contributed by atoms with Crippen molar-refractivity contribution in [2.24, 2.45) is 5.92 Å². The van der Waals surface area contributed by atoms with Gasteiger partial charge in [-0.3, -0.25) is 0 Å². The number of benzene rings is 1. The number of rotatable bonds is 2. The van der Waals surface area contributed by atoms with E-state index in [2.05, 4.69) is 69.0 Å². The molecule has 16 heavy (non-hydrogen) atoms. The SMILES string of the molecule is C=CC1=CC=CC(C)(c2ccccc2)C1C. The smallest absolute Gasteiger partial charge is 0.0173 e. The van der Waals surface area contributed by atoms with Crippen LogP contribution in [-0.4, -0.2) is 0 Å². The number of hydrogen-bond donors (Lipinski definition) is 0. The Balaban J connectivity index is 2.45. The first-order valence-electron chi connectivity index (χ1n) is 5.76. The standard InChI is InChI=1S/C16H18/c1-4-14-9-8-12-16(3,13(14)2)15-10-6-5-7-11-15/h4-13H,1H2,2-3H3. The lowest BCUT2D eigenvalue weighted by molar-refractivity contribution is 0.443.